The second-order valence-corrected chi connectivity index (χ2v) is 16.8. The van der Waals surface area contributed by atoms with E-state index < -0.39 is 117 Å². The number of imide groups is 2. The van der Waals surface area contributed by atoms with Crippen molar-refractivity contribution in [2.75, 3.05) is 10.3 Å². The number of pyridine rings is 1. The number of benzene rings is 3. The van der Waals surface area contributed by atoms with Crippen LogP contribution in [-0.4, -0.2) is 38.7 Å². The first-order valence-corrected chi connectivity index (χ1v) is 19.9. The lowest BCUT2D eigenvalue weighted by molar-refractivity contribution is -0.143. The van der Waals surface area contributed by atoms with Crippen LogP contribution in [0.5, 0.6) is 11.5 Å². The number of carbonyl (C=O) groups is 4. The number of anilines is 2. The van der Waals surface area contributed by atoms with Crippen molar-refractivity contribution in [3.05, 3.63) is 134 Å². The predicted octanol–water partition coefficient (Wildman–Crippen LogP) is 9.69. The van der Waals surface area contributed by atoms with Gasteiger partial charge in [-0.2, -0.15) is 44.5 Å². The van der Waals surface area contributed by atoms with E-state index >= 15 is 4.79 Å². The summed E-state index contributed by atoms with van der Waals surface area (Å²) in [6, 6.07) is 11.0. The fourth-order valence-electron chi connectivity index (χ4n) is 9.92. The minimum atomic E-state index is -5.31. The van der Waals surface area contributed by atoms with Crippen molar-refractivity contribution in [1.82, 2.24) is 9.99 Å². The molecule has 5 aliphatic rings. The number of hydrogen-bond acceptors (Lipinski definition) is 8. The molecule has 332 valence electrons. The Morgan fingerprint density at radius 3 is 2.06 bits per heavy atom. The Labute approximate surface area is 364 Å². The molecule has 0 bridgehead atoms. The number of fused-ring (bicyclic) bond motifs is 5. The van der Waals surface area contributed by atoms with E-state index in [1.54, 1.807) is 6.08 Å². The summed E-state index contributed by atoms with van der Waals surface area (Å²) in [6.45, 7) is 0. The second-order valence-electron chi connectivity index (χ2n) is 16.0. The summed E-state index contributed by atoms with van der Waals surface area (Å²) in [5.74, 6) is -11.3. The summed E-state index contributed by atoms with van der Waals surface area (Å²) in [7, 11) is 0. The quantitative estimate of drug-likeness (QED) is 0.115. The van der Waals surface area contributed by atoms with Crippen molar-refractivity contribution >= 4 is 58.3 Å². The van der Waals surface area contributed by atoms with Crippen molar-refractivity contribution in [3.63, 3.8) is 0 Å². The summed E-state index contributed by atoms with van der Waals surface area (Å²) >= 11 is 12.5. The maximum atomic E-state index is 15.4. The Kier molecular flexibility index (Phi) is 9.94. The topological polar surface area (TPSA) is 129 Å². The zero-order valence-corrected chi connectivity index (χ0v) is 33.6. The number of ether oxygens (including phenoxy) is 1. The summed E-state index contributed by atoms with van der Waals surface area (Å²) in [5, 5.41) is 10.6. The molecule has 3 fully saturated rings. The molecular formula is C43H27Cl2F9N4O6. The van der Waals surface area contributed by atoms with Gasteiger partial charge in [-0.25, -0.2) is 9.88 Å². The van der Waals surface area contributed by atoms with Crippen molar-refractivity contribution < 1.29 is 68.5 Å². The van der Waals surface area contributed by atoms with Crippen LogP contribution in [0.4, 0.5) is 51.0 Å². The molecule has 4 aromatic rings. The fraction of sp³-hybridized carbons (Fsp3) is 0.279. The van der Waals surface area contributed by atoms with E-state index in [1.807, 2.05) is 0 Å². The average Bonchev–Trinajstić information content (AvgIpc) is 3.60. The van der Waals surface area contributed by atoms with Crippen LogP contribution in [-0.2, 0) is 49.5 Å². The van der Waals surface area contributed by atoms with Crippen molar-refractivity contribution in [1.29, 1.82) is 0 Å². The number of amides is 4. The predicted molar refractivity (Wildman–Crippen MR) is 207 cm³/mol. The summed E-state index contributed by atoms with van der Waals surface area (Å²) in [5.41, 5.74) is -4.02. The van der Waals surface area contributed by atoms with Gasteiger partial charge in [0.25, 0.3) is 11.8 Å². The highest BCUT2D eigenvalue weighted by atomic mass is 35.5. The number of halogens is 11. The summed E-state index contributed by atoms with van der Waals surface area (Å²) in [6.07, 6.45) is -12.9. The second kappa shape index (κ2) is 14.7. The number of allylic oxidation sites excluding steroid dienone is 3. The Balaban J connectivity index is 1.21. The van der Waals surface area contributed by atoms with Gasteiger partial charge in [0.1, 0.15) is 11.5 Å². The summed E-state index contributed by atoms with van der Waals surface area (Å²) in [4.78, 5) is 63.2. The van der Waals surface area contributed by atoms with E-state index in [9.17, 15) is 59.0 Å². The standard InChI is InChI=1S/C43H27Cl2F9N4O6/c44-24-3-1-20(2-4-24)40-30(37(61)58(39(40)63)56-35-31(45)14-23(16-55-35)43(52,53)54)15-29-27(34(40)19-9-18-10-26(59)5-8-32(18)64-17-19)6-7-28-33(29)38(62)57(36(28)60)25-12-21(41(46,47)48)11-22(13-25)42(49,50)51/h1-6,8,10-14,16-17,28-30,33-34,59H,7,9,15H2,(H,55,56). The van der Waals surface area contributed by atoms with Crippen LogP contribution in [0, 0.1) is 29.6 Å². The third-order valence-corrected chi connectivity index (χ3v) is 13.1. The van der Waals surface area contributed by atoms with Crippen LogP contribution in [0.2, 0.25) is 10.0 Å². The zero-order valence-electron chi connectivity index (χ0n) is 32.1. The van der Waals surface area contributed by atoms with Crippen molar-refractivity contribution in [2.45, 2.75) is 43.2 Å². The van der Waals surface area contributed by atoms with Gasteiger partial charge < -0.3 is 9.84 Å². The summed E-state index contributed by atoms with van der Waals surface area (Å²) < 4.78 is 131. The highest BCUT2D eigenvalue weighted by molar-refractivity contribution is 6.33. The lowest BCUT2D eigenvalue weighted by atomic mass is 9.48. The fourth-order valence-corrected chi connectivity index (χ4v) is 10.3. The number of aromatic nitrogens is 1. The van der Waals surface area contributed by atoms with E-state index in [-0.39, 0.29) is 47.4 Å². The number of rotatable bonds is 5. The van der Waals surface area contributed by atoms with Crippen LogP contribution in [0.25, 0.3) is 0 Å². The highest BCUT2D eigenvalue weighted by Crippen LogP contribution is 2.64. The smallest absolute Gasteiger partial charge is 0.417 e. The Morgan fingerprint density at radius 2 is 1.44 bits per heavy atom. The van der Waals surface area contributed by atoms with Gasteiger partial charge in [0.2, 0.25) is 11.8 Å². The molecule has 2 N–H and O–H groups in total. The SMILES string of the molecule is O=C1C2CC3C(=CCC4C(=O)N(c5cc(C(F)(F)F)cc(C(F)(F)F)c5)C(=O)C43)C(C3=COc4ccc(O)cc4C3)C2(c2ccc(Cl)cc2)C(=O)N1Nc1ncc(C(F)(F)F)cc1Cl. The first-order chi connectivity index (χ1) is 30.0. The third-order valence-electron chi connectivity index (χ3n) is 12.5. The number of aromatic hydroxyl groups is 1. The molecule has 3 aliphatic heterocycles. The molecule has 1 saturated carbocycles. The molecule has 64 heavy (non-hydrogen) atoms. The Hall–Kier alpha value is -6.08. The van der Waals surface area contributed by atoms with Crippen LogP contribution >= 0.6 is 23.2 Å². The molecule has 2 saturated heterocycles. The monoisotopic (exact) mass is 936 g/mol. The largest absolute Gasteiger partial charge is 0.508 e. The first kappa shape index (κ1) is 43.2. The van der Waals surface area contributed by atoms with Crippen LogP contribution in [0.15, 0.2) is 96.4 Å². The maximum absolute atomic E-state index is 15.4. The number of hydrogen-bond donors (Lipinski definition) is 2. The molecule has 9 rings (SSSR count). The van der Waals surface area contributed by atoms with Crippen molar-refractivity contribution in [2.24, 2.45) is 29.6 Å². The Bertz CT molecular complexity index is 2730. The van der Waals surface area contributed by atoms with Crippen molar-refractivity contribution in [3.8, 4) is 11.5 Å². The van der Waals surface area contributed by atoms with E-state index in [4.69, 9.17) is 27.9 Å². The number of alkyl halides is 9. The van der Waals surface area contributed by atoms with Gasteiger partial charge in [-0.1, -0.05) is 47.0 Å². The molecule has 21 heteroatoms. The van der Waals surface area contributed by atoms with Crippen LogP contribution in [0.3, 0.4) is 0 Å². The van der Waals surface area contributed by atoms with E-state index in [0.29, 0.717) is 44.6 Å². The molecule has 4 amide bonds. The normalized spacial score (nSPS) is 25.6. The Morgan fingerprint density at radius 1 is 0.781 bits per heavy atom. The number of phenolic OH excluding ortho intramolecular Hbond substituents is 1. The van der Waals surface area contributed by atoms with Gasteiger partial charge in [-0.3, -0.25) is 24.6 Å². The molecule has 1 aromatic heterocycles. The number of hydrazine groups is 1. The first-order valence-electron chi connectivity index (χ1n) is 19.2. The number of phenols is 1. The average molecular weight is 938 g/mol. The molecular weight excluding hydrogens is 910 g/mol. The van der Waals surface area contributed by atoms with Gasteiger partial charge >= 0.3 is 18.5 Å². The molecule has 6 unspecified atom stereocenters. The number of carbonyl (C=O) groups excluding carboxylic acids is 4. The minimum absolute atomic E-state index is 0.0424. The molecule has 2 aliphatic carbocycles. The van der Waals surface area contributed by atoms with E-state index in [2.05, 4.69) is 10.4 Å². The van der Waals surface area contributed by atoms with Gasteiger partial charge in [0.05, 0.1) is 56.8 Å². The maximum Gasteiger partial charge on any atom is 0.417 e. The third kappa shape index (κ3) is 6.76. The molecule has 6 atom stereocenters. The lowest BCUT2D eigenvalue weighted by Crippen LogP contribution is -2.55. The molecule has 0 spiro atoms. The molecule has 4 heterocycles. The van der Waals surface area contributed by atoms with E-state index in [1.165, 1.54) is 48.7 Å². The van der Waals surface area contributed by atoms with E-state index in [0.717, 1.165) is 0 Å². The van der Waals surface area contributed by atoms with Gasteiger partial charge in [-0.05, 0) is 84.5 Å². The highest BCUT2D eigenvalue weighted by Gasteiger charge is 2.71. The minimum Gasteiger partial charge on any atom is -0.508 e. The molecule has 10 nitrogen and oxygen atoms in total. The van der Waals surface area contributed by atoms with Gasteiger partial charge in [0.15, 0.2) is 5.82 Å². The number of nitrogens with one attached hydrogen (secondary N) is 1. The van der Waals surface area contributed by atoms with Crippen LogP contribution in [0.1, 0.15) is 40.7 Å². The molecule has 0 radical (unpaired) electrons. The number of nitrogens with zero attached hydrogens (tertiary/aromatic N) is 3. The van der Waals surface area contributed by atoms with Crippen LogP contribution < -0.4 is 15.1 Å². The zero-order chi connectivity index (χ0) is 46.0. The lowest BCUT2D eigenvalue weighted by Gasteiger charge is -2.51. The van der Waals surface area contributed by atoms with Gasteiger partial charge in [0, 0.05) is 29.1 Å². The van der Waals surface area contributed by atoms with Gasteiger partial charge in [-0.15, -0.1) is 0 Å². The molecule has 3 aromatic carbocycles.